The zero-order chi connectivity index (χ0) is 18.4. The Bertz CT molecular complexity index is 896. The zero-order valence-electron chi connectivity index (χ0n) is 14.0. The number of halogens is 2. The third-order valence-electron chi connectivity index (χ3n) is 3.49. The van der Waals surface area contributed by atoms with Crippen molar-refractivity contribution in [1.82, 2.24) is 15.2 Å². The second-order valence-electron chi connectivity index (χ2n) is 5.46. The van der Waals surface area contributed by atoms with E-state index in [1.807, 2.05) is 67.7 Å². The van der Waals surface area contributed by atoms with Crippen LogP contribution in [-0.4, -0.2) is 15.2 Å². The summed E-state index contributed by atoms with van der Waals surface area (Å²) < 4.78 is 0. The molecule has 1 N–H and O–H groups in total. The smallest absolute Gasteiger partial charge is 0.209 e. The van der Waals surface area contributed by atoms with Gasteiger partial charge in [0.25, 0.3) is 0 Å². The zero-order valence-corrected chi connectivity index (χ0v) is 16.3. The normalized spacial score (nSPS) is 11.0. The van der Waals surface area contributed by atoms with Gasteiger partial charge in [-0.3, -0.25) is 0 Å². The first-order valence-corrected chi connectivity index (χ1v) is 9.61. The first kappa shape index (κ1) is 18.7. The van der Waals surface area contributed by atoms with Gasteiger partial charge < -0.3 is 5.32 Å². The minimum atomic E-state index is 0.636. The van der Waals surface area contributed by atoms with E-state index in [9.17, 15) is 0 Å². The van der Waals surface area contributed by atoms with Gasteiger partial charge in [-0.15, -0.1) is 5.10 Å². The van der Waals surface area contributed by atoms with Crippen LogP contribution in [0.5, 0.6) is 0 Å². The number of aryl methyl sites for hydroxylation is 1. The van der Waals surface area contributed by atoms with Crippen molar-refractivity contribution in [1.29, 1.82) is 0 Å². The monoisotopic (exact) mass is 402 g/mol. The van der Waals surface area contributed by atoms with Crippen molar-refractivity contribution in [2.45, 2.75) is 17.8 Å². The fourth-order valence-electron chi connectivity index (χ4n) is 2.09. The van der Waals surface area contributed by atoms with Gasteiger partial charge in [0, 0.05) is 27.7 Å². The highest BCUT2D eigenvalue weighted by atomic mass is 35.5. The molecular formula is C19H16Cl2N4S. The molecule has 1 heterocycles. The van der Waals surface area contributed by atoms with E-state index in [0.29, 0.717) is 10.2 Å². The average Bonchev–Trinajstić information content (AvgIpc) is 2.65. The lowest BCUT2D eigenvalue weighted by molar-refractivity contribution is 0.806. The second-order valence-corrected chi connectivity index (χ2v) is 7.28. The van der Waals surface area contributed by atoms with Crippen LogP contribution in [0.1, 0.15) is 17.0 Å². The minimum Gasteiger partial charge on any atom is -0.362 e. The van der Waals surface area contributed by atoms with E-state index < -0.39 is 0 Å². The predicted octanol–water partition coefficient (Wildman–Crippen LogP) is 5.86. The molecule has 0 atom stereocenters. The van der Waals surface area contributed by atoms with Crippen LogP contribution < -0.4 is 5.32 Å². The number of hydrogen-bond acceptors (Lipinski definition) is 5. The molecule has 0 saturated carbocycles. The quantitative estimate of drug-likeness (QED) is 0.523. The molecule has 0 amide bonds. The standard InChI is InChI=1S/C19H16Cl2N4S/c1-13-18(10-11-22-17-8-6-16(21)7-9-17)23-19(25-24-13)26-12-14-2-4-15(20)5-3-14/h2-11,22H,12H2,1H3/b11-10+. The summed E-state index contributed by atoms with van der Waals surface area (Å²) in [6.45, 7) is 1.88. The van der Waals surface area contributed by atoms with E-state index in [-0.39, 0.29) is 0 Å². The molecule has 3 aromatic rings. The molecule has 0 aliphatic heterocycles. The van der Waals surface area contributed by atoms with Gasteiger partial charge in [0.15, 0.2) is 0 Å². The Kier molecular flexibility index (Phi) is 6.50. The van der Waals surface area contributed by atoms with E-state index in [0.717, 1.165) is 33.4 Å². The van der Waals surface area contributed by atoms with Crippen LogP contribution in [0.3, 0.4) is 0 Å². The lowest BCUT2D eigenvalue weighted by atomic mass is 10.2. The highest BCUT2D eigenvalue weighted by Crippen LogP contribution is 2.21. The highest BCUT2D eigenvalue weighted by molar-refractivity contribution is 7.98. The number of thioether (sulfide) groups is 1. The maximum absolute atomic E-state index is 5.91. The maximum Gasteiger partial charge on any atom is 0.209 e. The number of nitrogens with zero attached hydrogens (tertiary/aromatic N) is 3. The number of rotatable bonds is 6. The van der Waals surface area contributed by atoms with Crippen molar-refractivity contribution < 1.29 is 0 Å². The average molecular weight is 403 g/mol. The molecule has 0 radical (unpaired) electrons. The third-order valence-corrected chi connectivity index (χ3v) is 4.90. The molecule has 0 unspecified atom stereocenters. The van der Waals surface area contributed by atoms with Crippen molar-refractivity contribution in [3.8, 4) is 0 Å². The molecule has 2 aromatic carbocycles. The maximum atomic E-state index is 5.91. The Balaban J connectivity index is 1.64. The summed E-state index contributed by atoms with van der Waals surface area (Å²) in [6.07, 6.45) is 3.71. The SMILES string of the molecule is Cc1nnc(SCc2ccc(Cl)cc2)nc1/C=C/Nc1ccc(Cl)cc1. The van der Waals surface area contributed by atoms with Crippen molar-refractivity contribution in [2.75, 3.05) is 5.32 Å². The first-order chi connectivity index (χ1) is 12.6. The first-order valence-electron chi connectivity index (χ1n) is 7.87. The Labute approximate surface area is 166 Å². The molecule has 0 fully saturated rings. The van der Waals surface area contributed by atoms with E-state index in [1.165, 1.54) is 11.8 Å². The van der Waals surface area contributed by atoms with E-state index >= 15 is 0 Å². The van der Waals surface area contributed by atoms with Crippen LogP contribution in [0.15, 0.2) is 59.9 Å². The lowest BCUT2D eigenvalue weighted by Gasteiger charge is -2.04. The van der Waals surface area contributed by atoms with Crippen LogP contribution in [0.4, 0.5) is 5.69 Å². The van der Waals surface area contributed by atoms with Crippen LogP contribution in [0.25, 0.3) is 6.08 Å². The topological polar surface area (TPSA) is 50.7 Å². The molecule has 7 heteroatoms. The molecule has 4 nitrogen and oxygen atoms in total. The van der Waals surface area contributed by atoms with Gasteiger partial charge in [0.05, 0.1) is 11.4 Å². The summed E-state index contributed by atoms with van der Waals surface area (Å²) in [5.74, 6) is 0.758. The van der Waals surface area contributed by atoms with Gasteiger partial charge in [0.1, 0.15) is 0 Å². The van der Waals surface area contributed by atoms with Gasteiger partial charge in [-0.2, -0.15) is 5.10 Å². The Morgan fingerprint density at radius 3 is 2.31 bits per heavy atom. The lowest BCUT2D eigenvalue weighted by Crippen LogP contribution is -1.99. The minimum absolute atomic E-state index is 0.636. The molecule has 0 aliphatic rings. The van der Waals surface area contributed by atoms with E-state index in [4.69, 9.17) is 23.2 Å². The molecule has 3 rings (SSSR count). The van der Waals surface area contributed by atoms with Gasteiger partial charge in [-0.1, -0.05) is 47.1 Å². The predicted molar refractivity (Wildman–Crippen MR) is 110 cm³/mol. The molecule has 0 spiro atoms. The van der Waals surface area contributed by atoms with E-state index in [1.54, 1.807) is 0 Å². The summed E-state index contributed by atoms with van der Waals surface area (Å²) in [5.41, 5.74) is 3.66. The number of aromatic nitrogens is 3. The number of nitrogens with one attached hydrogen (secondary N) is 1. The number of hydrogen-bond donors (Lipinski definition) is 1. The molecule has 0 bridgehead atoms. The second kappa shape index (κ2) is 9.03. The van der Waals surface area contributed by atoms with Crippen LogP contribution in [-0.2, 0) is 5.75 Å². The summed E-state index contributed by atoms with van der Waals surface area (Å²) in [5, 5.41) is 13.6. The summed E-state index contributed by atoms with van der Waals surface area (Å²) >= 11 is 13.3. The number of anilines is 1. The van der Waals surface area contributed by atoms with Gasteiger partial charge in [-0.05, 0) is 55.0 Å². The summed E-state index contributed by atoms with van der Waals surface area (Å²) in [7, 11) is 0. The van der Waals surface area contributed by atoms with Crippen LogP contribution in [0.2, 0.25) is 10.0 Å². The summed E-state index contributed by atoms with van der Waals surface area (Å²) in [4.78, 5) is 4.57. The van der Waals surface area contributed by atoms with Crippen molar-refractivity contribution in [2.24, 2.45) is 0 Å². The Morgan fingerprint density at radius 2 is 1.62 bits per heavy atom. The molecule has 132 valence electrons. The van der Waals surface area contributed by atoms with Gasteiger partial charge >= 0.3 is 0 Å². The highest BCUT2D eigenvalue weighted by Gasteiger charge is 2.05. The fourth-order valence-corrected chi connectivity index (χ4v) is 3.09. The molecule has 26 heavy (non-hydrogen) atoms. The summed E-state index contributed by atoms with van der Waals surface area (Å²) in [6, 6.07) is 15.2. The van der Waals surface area contributed by atoms with Gasteiger partial charge in [-0.25, -0.2) is 4.98 Å². The van der Waals surface area contributed by atoms with Crippen LogP contribution in [0, 0.1) is 6.92 Å². The Hall–Kier alpha value is -2.08. The number of benzene rings is 2. The van der Waals surface area contributed by atoms with E-state index in [2.05, 4.69) is 20.5 Å². The van der Waals surface area contributed by atoms with Crippen molar-refractivity contribution in [3.63, 3.8) is 0 Å². The fraction of sp³-hybridized carbons (Fsp3) is 0.105. The van der Waals surface area contributed by atoms with Crippen molar-refractivity contribution in [3.05, 3.63) is 81.7 Å². The van der Waals surface area contributed by atoms with Crippen LogP contribution >= 0.6 is 35.0 Å². The Morgan fingerprint density at radius 1 is 0.962 bits per heavy atom. The largest absolute Gasteiger partial charge is 0.362 e. The third kappa shape index (κ3) is 5.46. The molecule has 1 aromatic heterocycles. The van der Waals surface area contributed by atoms with Gasteiger partial charge in [0.2, 0.25) is 5.16 Å². The molecular weight excluding hydrogens is 387 g/mol. The molecule has 0 aliphatic carbocycles. The molecule has 0 saturated heterocycles. The van der Waals surface area contributed by atoms with Crippen molar-refractivity contribution >= 4 is 46.7 Å².